The van der Waals surface area contributed by atoms with Crippen LogP contribution in [0.1, 0.15) is 23.0 Å². The quantitative estimate of drug-likeness (QED) is 0.537. The van der Waals surface area contributed by atoms with Crippen LogP contribution in [0, 0.1) is 0 Å². The number of amides is 1. The lowest BCUT2D eigenvalue weighted by atomic mass is 10.1. The van der Waals surface area contributed by atoms with Gasteiger partial charge in [0.2, 0.25) is 5.91 Å². The van der Waals surface area contributed by atoms with Crippen LogP contribution in [-0.2, 0) is 11.2 Å². The predicted molar refractivity (Wildman–Crippen MR) is 108 cm³/mol. The summed E-state index contributed by atoms with van der Waals surface area (Å²) >= 11 is 1.63. The van der Waals surface area contributed by atoms with E-state index in [0.29, 0.717) is 13.0 Å². The van der Waals surface area contributed by atoms with Crippen molar-refractivity contribution in [3.8, 4) is 11.1 Å². The lowest BCUT2D eigenvalue weighted by Gasteiger charge is -2.15. The number of hydrogen-bond acceptors (Lipinski definition) is 5. The minimum absolute atomic E-state index is 0.188. The summed E-state index contributed by atoms with van der Waals surface area (Å²) in [6.45, 7) is 1.46. The maximum atomic E-state index is 12.5. The number of fused-ring (bicyclic) bond motifs is 1. The molecule has 1 aliphatic heterocycles. The Bertz CT molecular complexity index is 1110. The monoisotopic (exact) mass is 389 g/mol. The summed E-state index contributed by atoms with van der Waals surface area (Å²) in [7, 11) is 0. The summed E-state index contributed by atoms with van der Waals surface area (Å²) in [6.07, 6.45) is 6.98. The van der Waals surface area contributed by atoms with E-state index in [2.05, 4.69) is 4.98 Å². The van der Waals surface area contributed by atoms with Gasteiger partial charge in [-0.25, -0.2) is 9.50 Å². The van der Waals surface area contributed by atoms with Crippen LogP contribution in [0.3, 0.4) is 0 Å². The van der Waals surface area contributed by atoms with E-state index in [1.165, 1.54) is 0 Å². The molecule has 0 spiro atoms. The summed E-state index contributed by atoms with van der Waals surface area (Å²) in [4.78, 5) is 24.5. The van der Waals surface area contributed by atoms with Gasteiger partial charge in [0.1, 0.15) is 0 Å². The fourth-order valence-corrected chi connectivity index (χ4v) is 4.34. The van der Waals surface area contributed by atoms with Crippen molar-refractivity contribution in [3.63, 3.8) is 0 Å². The molecule has 140 valence electrons. The first-order chi connectivity index (χ1) is 13.8. The van der Waals surface area contributed by atoms with Gasteiger partial charge in [-0.05, 0) is 36.1 Å². The highest BCUT2D eigenvalue weighted by atomic mass is 32.1. The highest BCUT2D eigenvalue weighted by molar-refractivity contribution is 7.10. The molecule has 6 nitrogen and oxygen atoms in total. The Balaban J connectivity index is 1.33. The molecule has 28 heavy (non-hydrogen) atoms. The van der Waals surface area contributed by atoms with E-state index in [4.69, 9.17) is 10.1 Å². The van der Waals surface area contributed by atoms with Crippen LogP contribution in [0.2, 0.25) is 0 Å². The number of rotatable bonds is 4. The summed E-state index contributed by atoms with van der Waals surface area (Å²) < 4.78 is 1.83. The van der Waals surface area contributed by atoms with Crippen molar-refractivity contribution in [2.75, 3.05) is 13.1 Å². The van der Waals surface area contributed by atoms with Crippen molar-refractivity contribution in [1.29, 1.82) is 0 Å². The molecule has 0 aliphatic carbocycles. The number of aromatic nitrogens is 4. The standard InChI is InChI=1S/C21H19N5OS/c27-20(11-18-4-2-10-28-18)25-9-7-17(13-25)21-23-19-6-5-16(14-26(19)24-21)15-3-1-8-22-12-15/h1-6,8,10,12,14,17H,7,9,11,13H2/t17-/m1/s1. The first-order valence-electron chi connectivity index (χ1n) is 9.33. The number of carbonyl (C=O) groups is 1. The summed E-state index contributed by atoms with van der Waals surface area (Å²) in [5.74, 6) is 1.19. The van der Waals surface area contributed by atoms with E-state index in [-0.39, 0.29) is 11.8 Å². The average Bonchev–Trinajstić information content (AvgIpc) is 3.47. The Morgan fingerprint density at radius 1 is 1.18 bits per heavy atom. The van der Waals surface area contributed by atoms with Gasteiger partial charge in [-0.15, -0.1) is 11.3 Å². The summed E-state index contributed by atoms with van der Waals surface area (Å²) in [5.41, 5.74) is 2.93. The first-order valence-corrected chi connectivity index (χ1v) is 10.2. The molecule has 4 aromatic rings. The molecule has 0 saturated carbocycles. The Morgan fingerprint density at radius 3 is 2.96 bits per heavy atom. The van der Waals surface area contributed by atoms with Gasteiger partial charge in [-0.1, -0.05) is 12.1 Å². The number of thiophene rings is 1. The maximum absolute atomic E-state index is 12.5. The van der Waals surface area contributed by atoms with E-state index < -0.39 is 0 Å². The Kier molecular flexibility index (Phi) is 4.37. The predicted octanol–water partition coefficient (Wildman–Crippen LogP) is 3.41. The van der Waals surface area contributed by atoms with Gasteiger partial charge in [0.05, 0.1) is 6.42 Å². The van der Waals surface area contributed by atoms with E-state index in [1.54, 1.807) is 17.5 Å². The van der Waals surface area contributed by atoms with Gasteiger partial charge in [-0.2, -0.15) is 5.10 Å². The van der Waals surface area contributed by atoms with Crippen molar-refractivity contribution in [2.24, 2.45) is 0 Å². The van der Waals surface area contributed by atoms with E-state index in [0.717, 1.165) is 40.4 Å². The van der Waals surface area contributed by atoms with Gasteiger partial charge < -0.3 is 4.90 Å². The van der Waals surface area contributed by atoms with Gasteiger partial charge in [0, 0.05) is 53.6 Å². The minimum atomic E-state index is 0.188. The number of nitrogens with zero attached hydrogens (tertiary/aromatic N) is 5. The molecule has 5 heterocycles. The topological polar surface area (TPSA) is 63.4 Å². The largest absolute Gasteiger partial charge is 0.342 e. The number of pyridine rings is 2. The summed E-state index contributed by atoms with van der Waals surface area (Å²) in [5, 5.41) is 6.71. The van der Waals surface area contributed by atoms with Gasteiger partial charge >= 0.3 is 0 Å². The molecule has 1 aliphatic rings. The highest BCUT2D eigenvalue weighted by Gasteiger charge is 2.30. The highest BCUT2D eigenvalue weighted by Crippen LogP contribution is 2.27. The molecule has 7 heteroatoms. The van der Waals surface area contributed by atoms with Crippen LogP contribution in [0.5, 0.6) is 0 Å². The third-order valence-corrected chi connectivity index (χ3v) is 6.03. The second-order valence-corrected chi connectivity index (χ2v) is 8.05. The fourth-order valence-electron chi connectivity index (χ4n) is 3.65. The molecule has 1 atom stereocenters. The molecule has 5 rings (SSSR count). The van der Waals surface area contributed by atoms with Crippen LogP contribution >= 0.6 is 11.3 Å². The van der Waals surface area contributed by atoms with Crippen LogP contribution in [0.25, 0.3) is 16.8 Å². The second kappa shape index (κ2) is 7.16. The van der Waals surface area contributed by atoms with Crippen LogP contribution in [0.15, 0.2) is 60.4 Å². The zero-order valence-electron chi connectivity index (χ0n) is 15.2. The van der Waals surface area contributed by atoms with E-state index in [1.807, 2.05) is 63.6 Å². The van der Waals surface area contributed by atoms with Crippen LogP contribution in [0.4, 0.5) is 0 Å². The first kappa shape index (κ1) is 17.1. The second-order valence-electron chi connectivity index (χ2n) is 7.01. The molecule has 0 radical (unpaired) electrons. The van der Waals surface area contributed by atoms with E-state index >= 15 is 0 Å². The molecular formula is C21H19N5OS. The van der Waals surface area contributed by atoms with Crippen LogP contribution < -0.4 is 0 Å². The SMILES string of the molecule is O=C(Cc1cccs1)N1CC[C@@H](c2nc3ccc(-c4cccnc4)cn3n2)C1. The third-order valence-electron chi connectivity index (χ3n) is 5.15. The molecular weight excluding hydrogens is 370 g/mol. The van der Waals surface area contributed by atoms with Crippen molar-refractivity contribution in [2.45, 2.75) is 18.8 Å². The number of likely N-dealkylation sites (tertiary alicyclic amines) is 1. The number of hydrogen-bond donors (Lipinski definition) is 0. The average molecular weight is 389 g/mol. The smallest absolute Gasteiger partial charge is 0.227 e. The molecule has 0 bridgehead atoms. The molecule has 4 aromatic heterocycles. The molecule has 0 N–H and O–H groups in total. The summed E-state index contributed by atoms with van der Waals surface area (Å²) in [6, 6.07) is 12.0. The van der Waals surface area contributed by atoms with Crippen molar-refractivity contribution in [1.82, 2.24) is 24.5 Å². The van der Waals surface area contributed by atoms with Crippen molar-refractivity contribution in [3.05, 3.63) is 71.1 Å². The Hall–Kier alpha value is -3.06. The molecule has 1 fully saturated rings. The minimum Gasteiger partial charge on any atom is -0.342 e. The Labute approximate surface area is 166 Å². The zero-order valence-corrected chi connectivity index (χ0v) is 16.0. The molecule has 1 amide bonds. The third kappa shape index (κ3) is 3.29. The molecule has 0 unspecified atom stereocenters. The van der Waals surface area contributed by atoms with Gasteiger partial charge in [0.25, 0.3) is 0 Å². The van der Waals surface area contributed by atoms with Gasteiger partial charge in [0.15, 0.2) is 11.5 Å². The lowest BCUT2D eigenvalue weighted by molar-refractivity contribution is -0.129. The van der Waals surface area contributed by atoms with Crippen molar-refractivity contribution >= 4 is 22.9 Å². The maximum Gasteiger partial charge on any atom is 0.227 e. The molecule has 0 aromatic carbocycles. The lowest BCUT2D eigenvalue weighted by Crippen LogP contribution is -2.29. The van der Waals surface area contributed by atoms with Crippen molar-refractivity contribution < 1.29 is 4.79 Å². The van der Waals surface area contributed by atoms with E-state index in [9.17, 15) is 4.79 Å². The van der Waals surface area contributed by atoms with Gasteiger partial charge in [-0.3, -0.25) is 9.78 Å². The zero-order chi connectivity index (χ0) is 18.9. The number of carbonyl (C=O) groups excluding carboxylic acids is 1. The fraction of sp³-hybridized carbons (Fsp3) is 0.238. The van der Waals surface area contributed by atoms with Crippen LogP contribution in [-0.4, -0.2) is 43.5 Å². The molecule has 1 saturated heterocycles. The normalized spacial score (nSPS) is 16.7. The Morgan fingerprint density at radius 2 is 2.14 bits per heavy atom.